The predicted molar refractivity (Wildman–Crippen MR) is 59.5 cm³/mol. The van der Waals surface area contributed by atoms with Crippen molar-refractivity contribution in [2.75, 3.05) is 5.32 Å². The highest BCUT2D eigenvalue weighted by atomic mass is 15.3. The van der Waals surface area contributed by atoms with E-state index in [1.54, 1.807) is 16.8 Å². The number of nitrogens with zero attached hydrogens (tertiary/aromatic N) is 4. The fraction of sp³-hybridized carbons (Fsp3) is 0.182. The van der Waals surface area contributed by atoms with E-state index in [4.69, 9.17) is 5.26 Å². The topological polar surface area (TPSA) is 66.5 Å². The second kappa shape index (κ2) is 4.45. The maximum Gasteiger partial charge on any atom is 0.145 e. The van der Waals surface area contributed by atoms with Gasteiger partial charge < -0.3 is 5.32 Å². The van der Waals surface area contributed by atoms with E-state index in [1.807, 2.05) is 19.2 Å². The highest BCUT2D eigenvalue weighted by Crippen LogP contribution is 2.10. The van der Waals surface area contributed by atoms with Crippen molar-refractivity contribution < 1.29 is 0 Å². The molecule has 5 nitrogen and oxygen atoms in total. The number of hydrogen-bond acceptors (Lipinski definition) is 4. The molecule has 1 aromatic heterocycles. The molecular formula is C11H11N5. The summed E-state index contributed by atoms with van der Waals surface area (Å²) in [7, 11) is 1.84. The zero-order chi connectivity index (χ0) is 11.4. The normalized spacial score (nSPS) is 9.75. The Hall–Kier alpha value is -2.35. The van der Waals surface area contributed by atoms with Gasteiger partial charge in [-0.3, -0.25) is 4.68 Å². The van der Waals surface area contributed by atoms with Crippen molar-refractivity contribution >= 4 is 5.69 Å². The Labute approximate surface area is 93.4 Å². The van der Waals surface area contributed by atoms with Crippen LogP contribution in [0.4, 0.5) is 5.69 Å². The number of anilines is 1. The van der Waals surface area contributed by atoms with Gasteiger partial charge in [0.15, 0.2) is 0 Å². The van der Waals surface area contributed by atoms with Crippen LogP contribution in [-0.4, -0.2) is 14.8 Å². The SMILES string of the molecule is Cn1ncnc1CNc1cccc(C#N)c1. The van der Waals surface area contributed by atoms with Crippen LogP contribution < -0.4 is 5.32 Å². The molecule has 16 heavy (non-hydrogen) atoms. The Morgan fingerprint density at radius 2 is 2.38 bits per heavy atom. The third-order valence-electron chi connectivity index (χ3n) is 2.25. The van der Waals surface area contributed by atoms with Gasteiger partial charge in [-0.2, -0.15) is 10.4 Å². The summed E-state index contributed by atoms with van der Waals surface area (Å²) in [6.07, 6.45) is 1.52. The van der Waals surface area contributed by atoms with Crippen LogP contribution in [0.5, 0.6) is 0 Å². The van der Waals surface area contributed by atoms with Gasteiger partial charge in [-0.1, -0.05) is 6.07 Å². The van der Waals surface area contributed by atoms with E-state index >= 15 is 0 Å². The number of nitriles is 1. The fourth-order valence-electron chi connectivity index (χ4n) is 1.36. The van der Waals surface area contributed by atoms with Gasteiger partial charge in [0.2, 0.25) is 0 Å². The molecule has 0 unspecified atom stereocenters. The first-order valence-corrected chi connectivity index (χ1v) is 4.86. The van der Waals surface area contributed by atoms with Crippen molar-refractivity contribution in [3.63, 3.8) is 0 Å². The minimum Gasteiger partial charge on any atom is -0.378 e. The first-order chi connectivity index (χ1) is 7.79. The molecule has 0 bridgehead atoms. The molecule has 2 rings (SSSR count). The average Bonchev–Trinajstić information content (AvgIpc) is 2.72. The molecule has 0 spiro atoms. The molecule has 0 atom stereocenters. The number of benzene rings is 1. The minimum atomic E-state index is 0.589. The molecule has 1 N–H and O–H groups in total. The van der Waals surface area contributed by atoms with Gasteiger partial charge in [-0.25, -0.2) is 4.98 Å². The molecule has 0 fully saturated rings. The summed E-state index contributed by atoms with van der Waals surface area (Å²) in [5, 5.41) is 15.9. The van der Waals surface area contributed by atoms with E-state index in [0.717, 1.165) is 11.5 Å². The van der Waals surface area contributed by atoms with Gasteiger partial charge in [0.1, 0.15) is 12.2 Å². The Balaban J connectivity index is 2.05. The van der Waals surface area contributed by atoms with Crippen molar-refractivity contribution in [1.29, 1.82) is 5.26 Å². The molecular weight excluding hydrogens is 202 g/mol. The van der Waals surface area contributed by atoms with Crippen LogP contribution in [0.3, 0.4) is 0 Å². The van der Waals surface area contributed by atoms with Crippen LogP contribution >= 0.6 is 0 Å². The zero-order valence-electron chi connectivity index (χ0n) is 8.88. The van der Waals surface area contributed by atoms with Crippen molar-refractivity contribution in [1.82, 2.24) is 14.8 Å². The van der Waals surface area contributed by atoms with Gasteiger partial charge in [-0.15, -0.1) is 0 Å². The van der Waals surface area contributed by atoms with Gasteiger partial charge in [-0.05, 0) is 18.2 Å². The van der Waals surface area contributed by atoms with E-state index in [0.29, 0.717) is 12.1 Å². The van der Waals surface area contributed by atoms with Crippen molar-refractivity contribution in [3.8, 4) is 6.07 Å². The van der Waals surface area contributed by atoms with Crippen LogP contribution in [0.1, 0.15) is 11.4 Å². The third kappa shape index (κ3) is 2.17. The molecule has 0 radical (unpaired) electrons. The van der Waals surface area contributed by atoms with Crippen LogP contribution in [0, 0.1) is 11.3 Å². The molecule has 2 aromatic rings. The molecule has 0 aliphatic heterocycles. The predicted octanol–water partition coefficient (Wildman–Crippen LogP) is 1.30. The zero-order valence-corrected chi connectivity index (χ0v) is 8.88. The number of aromatic nitrogens is 3. The molecule has 80 valence electrons. The summed E-state index contributed by atoms with van der Waals surface area (Å²) < 4.78 is 1.71. The summed E-state index contributed by atoms with van der Waals surface area (Å²) in [4.78, 5) is 4.10. The lowest BCUT2D eigenvalue weighted by Crippen LogP contribution is -2.06. The largest absolute Gasteiger partial charge is 0.378 e. The van der Waals surface area contributed by atoms with Crippen LogP contribution in [0.15, 0.2) is 30.6 Å². The highest BCUT2D eigenvalue weighted by Gasteiger charge is 2.00. The summed E-state index contributed by atoms with van der Waals surface area (Å²) in [6, 6.07) is 9.43. The Kier molecular flexibility index (Phi) is 2.83. The Bertz CT molecular complexity index is 523. The maximum absolute atomic E-state index is 8.75. The molecule has 0 saturated carbocycles. The number of rotatable bonds is 3. The molecule has 0 amide bonds. The van der Waals surface area contributed by atoms with Gasteiger partial charge in [0, 0.05) is 12.7 Å². The van der Waals surface area contributed by atoms with Crippen molar-refractivity contribution in [3.05, 3.63) is 42.0 Å². The van der Waals surface area contributed by atoms with E-state index in [9.17, 15) is 0 Å². The van der Waals surface area contributed by atoms with E-state index in [1.165, 1.54) is 6.33 Å². The number of aryl methyl sites for hydroxylation is 1. The third-order valence-corrected chi connectivity index (χ3v) is 2.25. The van der Waals surface area contributed by atoms with Crippen LogP contribution in [0.25, 0.3) is 0 Å². The quantitative estimate of drug-likeness (QED) is 0.834. The lowest BCUT2D eigenvalue weighted by atomic mass is 10.2. The van der Waals surface area contributed by atoms with Crippen molar-refractivity contribution in [2.45, 2.75) is 6.54 Å². The summed E-state index contributed by atoms with van der Waals surface area (Å²) in [6.45, 7) is 0.589. The second-order valence-electron chi connectivity index (χ2n) is 3.35. The first kappa shape index (κ1) is 10.2. The highest BCUT2D eigenvalue weighted by molar-refractivity contribution is 5.49. The monoisotopic (exact) mass is 213 g/mol. The van der Waals surface area contributed by atoms with Crippen LogP contribution in [0.2, 0.25) is 0 Å². The molecule has 0 saturated heterocycles. The summed E-state index contributed by atoms with van der Waals surface area (Å²) in [5.74, 6) is 0.849. The summed E-state index contributed by atoms with van der Waals surface area (Å²) >= 11 is 0. The Morgan fingerprint density at radius 3 is 3.06 bits per heavy atom. The lowest BCUT2D eigenvalue weighted by Gasteiger charge is -2.05. The number of nitrogens with one attached hydrogen (secondary N) is 1. The van der Waals surface area contributed by atoms with Gasteiger partial charge in [0.05, 0.1) is 18.2 Å². The smallest absolute Gasteiger partial charge is 0.145 e. The van der Waals surface area contributed by atoms with Crippen molar-refractivity contribution in [2.24, 2.45) is 7.05 Å². The number of hydrogen-bond donors (Lipinski definition) is 1. The lowest BCUT2D eigenvalue weighted by molar-refractivity contribution is 0.712. The van der Waals surface area contributed by atoms with Gasteiger partial charge in [0.25, 0.3) is 0 Å². The molecule has 0 aliphatic carbocycles. The maximum atomic E-state index is 8.75. The molecule has 0 aliphatic rings. The minimum absolute atomic E-state index is 0.589. The Morgan fingerprint density at radius 1 is 1.50 bits per heavy atom. The summed E-state index contributed by atoms with van der Waals surface area (Å²) in [5.41, 5.74) is 1.55. The van der Waals surface area contributed by atoms with E-state index in [-0.39, 0.29) is 0 Å². The van der Waals surface area contributed by atoms with E-state index < -0.39 is 0 Å². The van der Waals surface area contributed by atoms with E-state index in [2.05, 4.69) is 21.5 Å². The standard InChI is InChI=1S/C11H11N5/c1-16-11(14-8-15-16)7-13-10-4-2-3-9(5-10)6-12/h2-5,8,13H,7H2,1H3. The second-order valence-corrected chi connectivity index (χ2v) is 3.35. The molecule has 1 heterocycles. The van der Waals surface area contributed by atoms with Crippen LogP contribution in [-0.2, 0) is 13.6 Å². The first-order valence-electron chi connectivity index (χ1n) is 4.86. The average molecular weight is 213 g/mol. The molecule has 5 heteroatoms. The molecule has 1 aromatic carbocycles. The van der Waals surface area contributed by atoms with Gasteiger partial charge >= 0.3 is 0 Å². The fourth-order valence-corrected chi connectivity index (χ4v) is 1.36.